The second-order valence-corrected chi connectivity index (χ2v) is 5.20. The number of carbonyl (C=O) groups is 1. The van der Waals surface area contributed by atoms with Gasteiger partial charge in [0.2, 0.25) is 0 Å². The number of amides is 1. The SMILES string of the molecule is CN(C(=O)c1ccccc1I)[C@H]1CCNC1.Cl. The van der Waals surface area contributed by atoms with Crippen LogP contribution in [0.25, 0.3) is 0 Å². The molecule has 17 heavy (non-hydrogen) atoms. The predicted molar refractivity (Wildman–Crippen MR) is 79.8 cm³/mol. The highest BCUT2D eigenvalue weighted by atomic mass is 127. The summed E-state index contributed by atoms with van der Waals surface area (Å²) in [5.74, 6) is 0.124. The number of hydrogen-bond donors (Lipinski definition) is 1. The maximum absolute atomic E-state index is 12.2. The highest BCUT2D eigenvalue weighted by Crippen LogP contribution is 2.16. The molecule has 3 nitrogen and oxygen atoms in total. The summed E-state index contributed by atoms with van der Waals surface area (Å²) >= 11 is 2.21. The third kappa shape index (κ3) is 3.33. The molecule has 1 aromatic rings. The largest absolute Gasteiger partial charge is 0.337 e. The van der Waals surface area contributed by atoms with Gasteiger partial charge in [-0.15, -0.1) is 12.4 Å². The molecule has 1 aromatic carbocycles. The minimum Gasteiger partial charge on any atom is -0.337 e. The molecule has 1 aliphatic rings. The number of rotatable bonds is 2. The third-order valence-corrected chi connectivity index (χ3v) is 3.95. The zero-order valence-electron chi connectivity index (χ0n) is 9.65. The summed E-state index contributed by atoms with van der Waals surface area (Å²) in [6, 6.07) is 8.06. The fraction of sp³-hybridized carbons (Fsp3) is 0.417. The van der Waals surface area contributed by atoms with Gasteiger partial charge in [0.1, 0.15) is 0 Å². The van der Waals surface area contributed by atoms with Gasteiger partial charge in [-0.05, 0) is 47.7 Å². The fourth-order valence-corrected chi connectivity index (χ4v) is 2.58. The van der Waals surface area contributed by atoms with E-state index in [1.54, 1.807) is 0 Å². The first-order valence-electron chi connectivity index (χ1n) is 5.42. The van der Waals surface area contributed by atoms with Crippen molar-refractivity contribution in [2.45, 2.75) is 12.5 Å². The van der Waals surface area contributed by atoms with Crippen LogP contribution in [0, 0.1) is 3.57 Å². The summed E-state index contributed by atoms with van der Waals surface area (Å²) in [6.07, 6.45) is 1.05. The molecule has 1 amide bonds. The number of benzene rings is 1. The van der Waals surface area contributed by atoms with Crippen LogP contribution >= 0.6 is 35.0 Å². The monoisotopic (exact) mass is 366 g/mol. The van der Waals surface area contributed by atoms with Crippen molar-refractivity contribution in [1.82, 2.24) is 10.2 Å². The van der Waals surface area contributed by atoms with Crippen LogP contribution in [0.2, 0.25) is 0 Å². The van der Waals surface area contributed by atoms with E-state index in [2.05, 4.69) is 27.9 Å². The lowest BCUT2D eigenvalue weighted by Gasteiger charge is -2.24. The van der Waals surface area contributed by atoms with Gasteiger partial charge in [-0.1, -0.05) is 12.1 Å². The molecule has 0 bridgehead atoms. The average Bonchev–Trinajstić information content (AvgIpc) is 2.81. The van der Waals surface area contributed by atoms with E-state index in [0.717, 1.165) is 28.6 Å². The number of hydrogen-bond acceptors (Lipinski definition) is 2. The molecule has 1 aliphatic heterocycles. The second-order valence-electron chi connectivity index (χ2n) is 4.04. The van der Waals surface area contributed by atoms with Gasteiger partial charge in [-0.2, -0.15) is 0 Å². The normalized spacial score (nSPS) is 18.6. The van der Waals surface area contributed by atoms with Crippen LogP contribution in [-0.4, -0.2) is 37.0 Å². The minimum atomic E-state index is 0. The molecule has 2 rings (SSSR count). The summed E-state index contributed by atoms with van der Waals surface area (Å²) in [6.45, 7) is 1.92. The predicted octanol–water partition coefficient (Wildman–Crippen LogP) is 2.15. The second kappa shape index (κ2) is 6.56. The van der Waals surface area contributed by atoms with Crippen molar-refractivity contribution < 1.29 is 4.79 Å². The number of nitrogens with one attached hydrogen (secondary N) is 1. The van der Waals surface area contributed by atoms with Gasteiger partial charge in [0.25, 0.3) is 5.91 Å². The Kier molecular flexibility index (Phi) is 5.69. The van der Waals surface area contributed by atoms with Crippen molar-refractivity contribution in [1.29, 1.82) is 0 Å². The Labute approximate surface area is 122 Å². The summed E-state index contributed by atoms with van der Waals surface area (Å²) < 4.78 is 1.02. The van der Waals surface area contributed by atoms with E-state index in [4.69, 9.17) is 0 Å². The zero-order valence-corrected chi connectivity index (χ0v) is 12.6. The number of halogens is 2. The smallest absolute Gasteiger partial charge is 0.254 e. The Bertz CT molecular complexity index is 394. The fourth-order valence-electron chi connectivity index (χ4n) is 1.96. The molecule has 0 aliphatic carbocycles. The standard InChI is InChI=1S/C12H15IN2O.ClH/c1-15(9-6-7-14-8-9)12(16)10-4-2-3-5-11(10)13;/h2-5,9,14H,6-8H2,1H3;1H/t9-;/m0./s1. The molecule has 1 N–H and O–H groups in total. The first-order chi connectivity index (χ1) is 7.70. The lowest BCUT2D eigenvalue weighted by molar-refractivity contribution is 0.0742. The van der Waals surface area contributed by atoms with E-state index in [1.165, 1.54) is 0 Å². The molecular weight excluding hydrogens is 351 g/mol. The topological polar surface area (TPSA) is 32.3 Å². The van der Waals surface area contributed by atoms with Gasteiger partial charge in [0.15, 0.2) is 0 Å². The minimum absolute atomic E-state index is 0. The number of likely N-dealkylation sites (N-methyl/N-ethyl adjacent to an activating group) is 1. The van der Waals surface area contributed by atoms with Crippen LogP contribution in [0.1, 0.15) is 16.8 Å². The van der Waals surface area contributed by atoms with Gasteiger partial charge in [0, 0.05) is 23.2 Å². The molecule has 0 aromatic heterocycles. The Hall–Kier alpha value is -0.330. The highest BCUT2D eigenvalue weighted by molar-refractivity contribution is 14.1. The molecule has 94 valence electrons. The summed E-state index contributed by atoms with van der Waals surface area (Å²) in [7, 11) is 1.89. The molecule has 1 atom stereocenters. The van der Waals surface area contributed by atoms with E-state index in [-0.39, 0.29) is 18.3 Å². The molecule has 1 fully saturated rings. The maximum atomic E-state index is 12.2. The molecule has 0 radical (unpaired) electrons. The summed E-state index contributed by atoms with van der Waals surface area (Å²) in [5.41, 5.74) is 0.803. The van der Waals surface area contributed by atoms with Crippen molar-refractivity contribution in [2.75, 3.05) is 20.1 Å². The van der Waals surface area contributed by atoms with Gasteiger partial charge in [0.05, 0.1) is 5.56 Å². The van der Waals surface area contributed by atoms with Crippen LogP contribution in [0.5, 0.6) is 0 Å². The van der Waals surface area contributed by atoms with E-state index >= 15 is 0 Å². The van der Waals surface area contributed by atoms with Crippen LogP contribution in [-0.2, 0) is 0 Å². The van der Waals surface area contributed by atoms with Gasteiger partial charge >= 0.3 is 0 Å². The highest BCUT2D eigenvalue weighted by Gasteiger charge is 2.24. The average molecular weight is 367 g/mol. The Morgan fingerprint density at radius 2 is 2.18 bits per heavy atom. The Balaban J connectivity index is 0.00000144. The molecule has 1 heterocycles. The third-order valence-electron chi connectivity index (χ3n) is 3.01. The summed E-state index contributed by atoms with van der Waals surface area (Å²) in [5, 5.41) is 3.28. The van der Waals surface area contributed by atoms with E-state index in [0.29, 0.717) is 6.04 Å². The first-order valence-corrected chi connectivity index (χ1v) is 6.50. The summed E-state index contributed by atoms with van der Waals surface area (Å²) in [4.78, 5) is 14.1. The molecule has 5 heteroatoms. The van der Waals surface area contributed by atoms with Crippen LogP contribution in [0.15, 0.2) is 24.3 Å². The van der Waals surface area contributed by atoms with Crippen LogP contribution in [0.4, 0.5) is 0 Å². The van der Waals surface area contributed by atoms with Crippen LogP contribution in [0.3, 0.4) is 0 Å². The van der Waals surface area contributed by atoms with E-state index in [1.807, 2.05) is 36.2 Å². The lowest BCUT2D eigenvalue weighted by atomic mass is 10.1. The molecular formula is C12H16ClIN2O. The van der Waals surface area contributed by atoms with E-state index < -0.39 is 0 Å². The number of nitrogens with zero attached hydrogens (tertiary/aromatic N) is 1. The molecule has 0 spiro atoms. The van der Waals surface area contributed by atoms with Gasteiger partial charge in [-0.25, -0.2) is 0 Å². The zero-order chi connectivity index (χ0) is 11.5. The first kappa shape index (κ1) is 14.7. The quantitative estimate of drug-likeness (QED) is 0.814. The van der Waals surface area contributed by atoms with E-state index in [9.17, 15) is 4.79 Å². The molecule has 0 unspecified atom stereocenters. The molecule has 0 saturated carbocycles. The Morgan fingerprint density at radius 1 is 1.47 bits per heavy atom. The maximum Gasteiger partial charge on any atom is 0.254 e. The van der Waals surface area contributed by atoms with Crippen molar-refractivity contribution in [2.24, 2.45) is 0 Å². The van der Waals surface area contributed by atoms with Crippen molar-refractivity contribution >= 4 is 40.9 Å². The van der Waals surface area contributed by atoms with Crippen molar-refractivity contribution in [3.05, 3.63) is 33.4 Å². The lowest BCUT2D eigenvalue weighted by Crippen LogP contribution is -2.38. The van der Waals surface area contributed by atoms with Gasteiger partial charge < -0.3 is 10.2 Å². The number of carbonyl (C=O) groups excluding carboxylic acids is 1. The van der Waals surface area contributed by atoms with Crippen molar-refractivity contribution in [3.63, 3.8) is 0 Å². The Morgan fingerprint density at radius 3 is 2.76 bits per heavy atom. The van der Waals surface area contributed by atoms with Crippen molar-refractivity contribution in [3.8, 4) is 0 Å². The molecule has 1 saturated heterocycles. The van der Waals surface area contributed by atoms with Gasteiger partial charge in [-0.3, -0.25) is 4.79 Å². The van der Waals surface area contributed by atoms with Crippen LogP contribution < -0.4 is 5.32 Å².